The molecular weight excluding hydrogens is 384 g/mol. The van der Waals surface area contributed by atoms with E-state index in [2.05, 4.69) is 45.2 Å². The molecule has 0 saturated heterocycles. The van der Waals surface area contributed by atoms with E-state index in [9.17, 15) is 4.79 Å². The van der Waals surface area contributed by atoms with Gasteiger partial charge in [0.2, 0.25) is 5.91 Å². The van der Waals surface area contributed by atoms with Crippen molar-refractivity contribution in [2.45, 2.75) is 25.4 Å². The summed E-state index contributed by atoms with van der Waals surface area (Å²) in [6.45, 7) is 0.636. The maximum Gasteiger partial charge on any atom is 0.222 e. The second kappa shape index (κ2) is 8.48. The first-order valence-corrected chi connectivity index (χ1v) is 10.6. The highest BCUT2D eigenvalue weighted by atomic mass is 16.1. The number of H-pyrrole nitrogens is 1. The molecule has 0 radical (unpaired) electrons. The number of fused-ring (bicyclic) bond motifs is 2. The zero-order valence-electron chi connectivity index (χ0n) is 17.2. The molecule has 1 amide bonds. The average molecular weight is 409 g/mol. The largest absolute Gasteiger partial charge is 0.347 e. The Labute approximate surface area is 180 Å². The van der Waals surface area contributed by atoms with Gasteiger partial charge in [0, 0.05) is 24.7 Å². The Morgan fingerprint density at radius 1 is 0.935 bits per heavy atom. The zero-order chi connectivity index (χ0) is 21.0. The fourth-order valence-electron chi connectivity index (χ4n) is 4.03. The summed E-state index contributed by atoms with van der Waals surface area (Å²) >= 11 is 0. The van der Waals surface area contributed by atoms with Gasteiger partial charge in [-0.15, -0.1) is 0 Å². The second-order valence-corrected chi connectivity index (χ2v) is 7.77. The lowest BCUT2D eigenvalue weighted by Gasteiger charge is -2.17. The number of rotatable bonds is 7. The van der Waals surface area contributed by atoms with Gasteiger partial charge in [-0.3, -0.25) is 4.79 Å². The SMILES string of the molecule is O=C(CCn1ccc2ccccc21)N[C@H](Cc1ccccc1)c1nc2ccccc2[nH]1. The highest BCUT2D eigenvalue weighted by molar-refractivity contribution is 5.81. The molecule has 1 atom stereocenters. The third-order valence-corrected chi connectivity index (χ3v) is 5.62. The predicted octanol–water partition coefficient (Wildman–Crippen LogP) is 5.01. The van der Waals surface area contributed by atoms with E-state index < -0.39 is 0 Å². The molecule has 3 aromatic carbocycles. The Morgan fingerprint density at radius 2 is 1.71 bits per heavy atom. The molecule has 0 unspecified atom stereocenters. The van der Waals surface area contributed by atoms with Crippen LogP contribution in [-0.4, -0.2) is 20.4 Å². The van der Waals surface area contributed by atoms with Gasteiger partial charge < -0.3 is 14.9 Å². The lowest BCUT2D eigenvalue weighted by atomic mass is 10.1. The minimum atomic E-state index is -0.219. The standard InChI is InChI=1S/C26H24N4O/c31-25(15-17-30-16-14-20-10-4-7-13-24(20)30)27-23(18-19-8-2-1-3-9-19)26-28-21-11-5-6-12-22(21)29-26/h1-14,16,23H,15,17-18H2,(H,27,31)(H,28,29)/t23-/m1/s1. The molecule has 2 aromatic heterocycles. The highest BCUT2D eigenvalue weighted by Gasteiger charge is 2.19. The van der Waals surface area contributed by atoms with Crippen molar-refractivity contribution in [3.63, 3.8) is 0 Å². The monoisotopic (exact) mass is 408 g/mol. The number of nitrogens with one attached hydrogen (secondary N) is 2. The Morgan fingerprint density at radius 3 is 2.58 bits per heavy atom. The number of carbonyl (C=O) groups is 1. The van der Waals surface area contributed by atoms with Gasteiger partial charge >= 0.3 is 0 Å². The van der Waals surface area contributed by atoms with Crippen molar-refractivity contribution in [3.05, 3.63) is 103 Å². The van der Waals surface area contributed by atoms with Crippen molar-refractivity contribution >= 4 is 27.8 Å². The third-order valence-electron chi connectivity index (χ3n) is 5.62. The van der Waals surface area contributed by atoms with Crippen LogP contribution >= 0.6 is 0 Å². The van der Waals surface area contributed by atoms with E-state index in [-0.39, 0.29) is 11.9 Å². The first-order chi connectivity index (χ1) is 15.3. The van der Waals surface area contributed by atoms with Crippen LogP contribution in [0.25, 0.3) is 21.9 Å². The molecule has 0 aliphatic heterocycles. The number of benzene rings is 3. The predicted molar refractivity (Wildman–Crippen MR) is 124 cm³/mol. The van der Waals surface area contributed by atoms with E-state index in [0.717, 1.165) is 27.9 Å². The van der Waals surface area contributed by atoms with Crippen LogP contribution in [0.1, 0.15) is 23.9 Å². The van der Waals surface area contributed by atoms with Gasteiger partial charge in [-0.05, 0) is 41.6 Å². The number of imidazole rings is 1. The molecule has 154 valence electrons. The molecule has 5 rings (SSSR count). The van der Waals surface area contributed by atoms with Crippen molar-refractivity contribution in [2.75, 3.05) is 0 Å². The summed E-state index contributed by atoms with van der Waals surface area (Å²) in [6, 6.07) is 28.2. The molecule has 2 heterocycles. The Hall–Kier alpha value is -3.86. The Bertz CT molecular complexity index is 1290. The first kappa shape index (κ1) is 19.1. The van der Waals surface area contributed by atoms with Crippen LogP contribution in [0.4, 0.5) is 0 Å². The molecule has 0 spiro atoms. The summed E-state index contributed by atoms with van der Waals surface area (Å²) in [4.78, 5) is 21.0. The molecule has 5 heteroatoms. The quantitative estimate of drug-likeness (QED) is 0.398. The molecule has 2 N–H and O–H groups in total. The van der Waals surface area contributed by atoms with E-state index in [1.165, 1.54) is 5.39 Å². The summed E-state index contributed by atoms with van der Waals surface area (Å²) in [6.07, 6.45) is 3.13. The summed E-state index contributed by atoms with van der Waals surface area (Å²) in [5.41, 5.74) is 4.19. The van der Waals surface area contributed by atoms with E-state index in [1.54, 1.807) is 0 Å². The maximum atomic E-state index is 12.9. The molecular formula is C26H24N4O. The van der Waals surface area contributed by atoms with Gasteiger partial charge in [0.05, 0.1) is 17.1 Å². The maximum absolute atomic E-state index is 12.9. The summed E-state index contributed by atoms with van der Waals surface area (Å²) in [5.74, 6) is 0.795. The van der Waals surface area contributed by atoms with E-state index in [1.807, 2.05) is 60.8 Å². The van der Waals surface area contributed by atoms with Crippen LogP contribution in [-0.2, 0) is 17.8 Å². The Balaban J connectivity index is 1.34. The van der Waals surface area contributed by atoms with Crippen LogP contribution in [0.15, 0.2) is 91.1 Å². The van der Waals surface area contributed by atoms with Crippen molar-refractivity contribution in [1.29, 1.82) is 0 Å². The van der Waals surface area contributed by atoms with Gasteiger partial charge in [0.1, 0.15) is 5.82 Å². The number of para-hydroxylation sites is 3. The van der Waals surface area contributed by atoms with Crippen molar-refractivity contribution in [3.8, 4) is 0 Å². The summed E-state index contributed by atoms with van der Waals surface area (Å²) < 4.78 is 2.13. The van der Waals surface area contributed by atoms with Crippen LogP contribution in [0, 0.1) is 0 Å². The molecule has 0 aliphatic carbocycles. The highest BCUT2D eigenvalue weighted by Crippen LogP contribution is 2.20. The molecule has 0 aliphatic rings. The Kier molecular flexibility index (Phi) is 5.23. The molecule has 5 aromatic rings. The molecule has 31 heavy (non-hydrogen) atoms. The van der Waals surface area contributed by atoms with Crippen LogP contribution in [0.5, 0.6) is 0 Å². The third kappa shape index (κ3) is 4.21. The number of hydrogen-bond acceptors (Lipinski definition) is 2. The van der Waals surface area contributed by atoms with Crippen LogP contribution in [0.2, 0.25) is 0 Å². The number of nitrogens with zero attached hydrogens (tertiary/aromatic N) is 2. The lowest BCUT2D eigenvalue weighted by molar-refractivity contribution is -0.122. The van der Waals surface area contributed by atoms with Gasteiger partial charge in [-0.2, -0.15) is 0 Å². The molecule has 0 bridgehead atoms. The average Bonchev–Trinajstić information content (AvgIpc) is 3.42. The smallest absolute Gasteiger partial charge is 0.222 e. The lowest BCUT2D eigenvalue weighted by Crippen LogP contribution is -2.31. The fraction of sp³-hybridized carbons (Fsp3) is 0.154. The number of aromatic amines is 1. The topological polar surface area (TPSA) is 62.7 Å². The van der Waals surface area contributed by atoms with Gasteiger partial charge in [0.15, 0.2) is 0 Å². The zero-order valence-corrected chi connectivity index (χ0v) is 17.2. The van der Waals surface area contributed by atoms with Crippen molar-refractivity contribution in [1.82, 2.24) is 19.9 Å². The number of hydrogen-bond donors (Lipinski definition) is 2. The summed E-state index contributed by atoms with van der Waals surface area (Å²) in [5, 5.41) is 4.39. The normalized spacial score (nSPS) is 12.3. The van der Waals surface area contributed by atoms with Gasteiger partial charge in [0.25, 0.3) is 0 Å². The molecule has 0 saturated carbocycles. The summed E-state index contributed by atoms with van der Waals surface area (Å²) in [7, 11) is 0. The second-order valence-electron chi connectivity index (χ2n) is 7.77. The van der Waals surface area contributed by atoms with E-state index >= 15 is 0 Å². The van der Waals surface area contributed by atoms with E-state index in [0.29, 0.717) is 19.4 Å². The number of aryl methyl sites for hydroxylation is 1. The van der Waals surface area contributed by atoms with Gasteiger partial charge in [-0.25, -0.2) is 4.98 Å². The minimum absolute atomic E-state index is 0.0131. The molecule has 0 fully saturated rings. The number of carbonyl (C=O) groups excluding carboxylic acids is 1. The minimum Gasteiger partial charge on any atom is -0.347 e. The number of amides is 1. The van der Waals surface area contributed by atoms with Crippen LogP contribution < -0.4 is 5.32 Å². The molecule has 5 nitrogen and oxygen atoms in total. The first-order valence-electron chi connectivity index (χ1n) is 10.6. The fourth-order valence-corrected chi connectivity index (χ4v) is 4.03. The van der Waals surface area contributed by atoms with E-state index in [4.69, 9.17) is 4.98 Å². The van der Waals surface area contributed by atoms with Gasteiger partial charge in [-0.1, -0.05) is 60.7 Å². The van der Waals surface area contributed by atoms with Crippen molar-refractivity contribution < 1.29 is 4.79 Å². The van der Waals surface area contributed by atoms with Crippen molar-refractivity contribution in [2.24, 2.45) is 0 Å². The van der Waals surface area contributed by atoms with Crippen LogP contribution in [0.3, 0.4) is 0 Å². The number of aromatic nitrogens is 3.